The van der Waals surface area contributed by atoms with E-state index in [4.69, 9.17) is 14.6 Å². The molecular formula is C21H28F3N3O5. The average molecular weight is 459 g/mol. The standard InChI is InChI=1S/C19H27N3O3.C2HF3O2/c1-2-25-15-17(23)21-11-7-19(8-12-21)6-4-10-22(18(19)24)14-16-5-3-9-20-13-16;3-2(4,5)1(6)7/h3,5,9,13H,2,4,6-8,10-12,14-15H2,1H3;(H,6,7). The number of ether oxygens (including phenoxy) is 1. The molecule has 2 saturated heterocycles. The van der Waals surface area contributed by atoms with E-state index < -0.39 is 12.1 Å². The van der Waals surface area contributed by atoms with Crippen molar-refractivity contribution < 1.29 is 37.4 Å². The Labute approximate surface area is 184 Å². The highest BCUT2D eigenvalue weighted by atomic mass is 19.4. The van der Waals surface area contributed by atoms with Crippen LogP contribution in [0.25, 0.3) is 0 Å². The molecule has 8 nitrogen and oxygen atoms in total. The number of carbonyl (C=O) groups excluding carboxylic acids is 2. The van der Waals surface area contributed by atoms with Crippen molar-refractivity contribution in [2.45, 2.75) is 45.3 Å². The van der Waals surface area contributed by atoms with Gasteiger partial charge in [0.05, 0.1) is 5.41 Å². The van der Waals surface area contributed by atoms with Crippen LogP contribution in [-0.4, -0.2) is 76.7 Å². The SMILES string of the molecule is CCOCC(=O)N1CCC2(CCCN(Cc3cccnc3)C2=O)CC1.O=C(O)C(F)(F)F. The summed E-state index contributed by atoms with van der Waals surface area (Å²) in [4.78, 5) is 42.1. The minimum atomic E-state index is -5.08. The quantitative estimate of drug-likeness (QED) is 0.726. The Morgan fingerprint density at radius 3 is 2.41 bits per heavy atom. The van der Waals surface area contributed by atoms with Gasteiger partial charge >= 0.3 is 12.1 Å². The van der Waals surface area contributed by atoms with Crippen LogP contribution in [-0.2, 0) is 25.7 Å². The Bertz CT molecular complexity index is 781. The summed E-state index contributed by atoms with van der Waals surface area (Å²) >= 11 is 0. The van der Waals surface area contributed by atoms with Gasteiger partial charge in [-0.05, 0) is 44.2 Å². The second-order valence-electron chi connectivity index (χ2n) is 7.79. The number of amides is 2. The van der Waals surface area contributed by atoms with E-state index >= 15 is 0 Å². The molecule has 1 aromatic heterocycles. The van der Waals surface area contributed by atoms with Gasteiger partial charge in [-0.3, -0.25) is 14.6 Å². The normalized spacial score (nSPS) is 18.2. The smallest absolute Gasteiger partial charge is 0.475 e. The minimum absolute atomic E-state index is 0.0344. The molecule has 1 spiro atoms. The Morgan fingerprint density at radius 1 is 1.22 bits per heavy atom. The van der Waals surface area contributed by atoms with Crippen molar-refractivity contribution in [1.82, 2.24) is 14.8 Å². The Morgan fingerprint density at radius 2 is 1.88 bits per heavy atom. The highest BCUT2D eigenvalue weighted by Gasteiger charge is 2.46. The van der Waals surface area contributed by atoms with Gasteiger partial charge in [0.25, 0.3) is 0 Å². The fraction of sp³-hybridized carbons (Fsp3) is 0.619. The molecular weight excluding hydrogens is 431 g/mol. The summed E-state index contributed by atoms with van der Waals surface area (Å²) in [5, 5.41) is 7.12. The number of aliphatic carboxylic acids is 1. The van der Waals surface area contributed by atoms with Gasteiger partial charge in [0, 0.05) is 45.2 Å². The third-order valence-electron chi connectivity index (χ3n) is 5.67. The lowest BCUT2D eigenvalue weighted by atomic mass is 9.71. The van der Waals surface area contributed by atoms with E-state index in [2.05, 4.69) is 4.98 Å². The second kappa shape index (κ2) is 11.3. The van der Waals surface area contributed by atoms with Crippen molar-refractivity contribution in [2.24, 2.45) is 5.41 Å². The van der Waals surface area contributed by atoms with Crippen LogP contribution >= 0.6 is 0 Å². The lowest BCUT2D eigenvalue weighted by Gasteiger charge is -2.46. The molecule has 0 bridgehead atoms. The van der Waals surface area contributed by atoms with Crippen LogP contribution < -0.4 is 0 Å². The number of pyridine rings is 1. The number of carboxylic acid groups (broad SMARTS) is 1. The van der Waals surface area contributed by atoms with Crippen LogP contribution in [0.4, 0.5) is 13.2 Å². The van der Waals surface area contributed by atoms with Gasteiger partial charge in [-0.2, -0.15) is 13.2 Å². The zero-order chi connectivity index (χ0) is 23.8. The molecule has 0 unspecified atom stereocenters. The largest absolute Gasteiger partial charge is 0.490 e. The first-order chi connectivity index (χ1) is 15.1. The Hall–Kier alpha value is -2.69. The minimum Gasteiger partial charge on any atom is -0.475 e. The van der Waals surface area contributed by atoms with E-state index in [1.807, 2.05) is 35.1 Å². The van der Waals surface area contributed by atoms with Crippen LogP contribution in [0.3, 0.4) is 0 Å². The molecule has 0 aliphatic carbocycles. The van der Waals surface area contributed by atoms with Crippen molar-refractivity contribution >= 4 is 17.8 Å². The first-order valence-electron chi connectivity index (χ1n) is 10.4. The highest BCUT2D eigenvalue weighted by molar-refractivity contribution is 5.84. The molecule has 3 rings (SSSR count). The van der Waals surface area contributed by atoms with Crippen molar-refractivity contribution in [1.29, 1.82) is 0 Å². The molecule has 1 aromatic rings. The predicted molar refractivity (Wildman–Crippen MR) is 107 cm³/mol. The van der Waals surface area contributed by atoms with Gasteiger partial charge in [-0.15, -0.1) is 0 Å². The molecule has 0 atom stereocenters. The molecule has 0 saturated carbocycles. The maximum atomic E-state index is 13.1. The van der Waals surface area contributed by atoms with Gasteiger partial charge in [0.1, 0.15) is 6.61 Å². The molecule has 178 valence electrons. The summed E-state index contributed by atoms with van der Waals surface area (Å²) in [6.07, 6.45) is 1.96. The summed E-state index contributed by atoms with van der Waals surface area (Å²) in [6, 6.07) is 3.92. The zero-order valence-corrected chi connectivity index (χ0v) is 17.9. The van der Waals surface area contributed by atoms with E-state index in [1.165, 1.54) is 0 Å². The third kappa shape index (κ3) is 6.91. The van der Waals surface area contributed by atoms with Crippen LogP contribution in [0.5, 0.6) is 0 Å². The average Bonchev–Trinajstić information content (AvgIpc) is 2.76. The molecule has 2 aliphatic rings. The zero-order valence-electron chi connectivity index (χ0n) is 17.9. The number of rotatable bonds is 5. The summed E-state index contributed by atoms with van der Waals surface area (Å²) < 4.78 is 37.0. The lowest BCUT2D eigenvalue weighted by molar-refractivity contribution is -0.192. The topological polar surface area (TPSA) is 100 Å². The summed E-state index contributed by atoms with van der Waals surface area (Å²) in [5.74, 6) is -2.47. The third-order valence-corrected chi connectivity index (χ3v) is 5.67. The number of nitrogens with zero attached hydrogens (tertiary/aromatic N) is 3. The van der Waals surface area contributed by atoms with Crippen molar-refractivity contribution in [2.75, 3.05) is 32.8 Å². The van der Waals surface area contributed by atoms with Gasteiger partial charge in [-0.1, -0.05) is 6.07 Å². The molecule has 32 heavy (non-hydrogen) atoms. The number of hydrogen-bond donors (Lipinski definition) is 1. The van der Waals surface area contributed by atoms with Gasteiger partial charge in [-0.25, -0.2) is 4.79 Å². The summed E-state index contributed by atoms with van der Waals surface area (Å²) in [6.45, 7) is 5.31. The Kier molecular flexibility index (Phi) is 8.99. The molecule has 11 heteroatoms. The maximum Gasteiger partial charge on any atom is 0.490 e. The lowest BCUT2D eigenvalue weighted by Crippen LogP contribution is -2.54. The van der Waals surface area contributed by atoms with Gasteiger partial charge < -0.3 is 19.6 Å². The van der Waals surface area contributed by atoms with Gasteiger partial charge in [0.2, 0.25) is 11.8 Å². The van der Waals surface area contributed by atoms with E-state index in [0.29, 0.717) is 26.2 Å². The summed E-state index contributed by atoms with van der Waals surface area (Å²) in [7, 11) is 0. The Balaban J connectivity index is 0.000000451. The molecule has 2 fully saturated rings. The molecule has 0 aromatic carbocycles. The fourth-order valence-electron chi connectivity index (χ4n) is 3.94. The van der Waals surface area contributed by atoms with E-state index in [0.717, 1.165) is 37.8 Å². The molecule has 2 amide bonds. The number of hydrogen-bond acceptors (Lipinski definition) is 5. The number of carbonyl (C=O) groups is 3. The highest BCUT2D eigenvalue weighted by Crippen LogP contribution is 2.41. The maximum absolute atomic E-state index is 13.1. The second-order valence-corrected chi connectivity index (χ2v) is 7.79. The number of halogens is 3. The molecule has 2 aliphatic heterocycles. The first-order valence-corrected chi connectivity index (χ1v) is 10.4. The number of piperidine rings is 2. The van der Waals surface area contributed by atoms with Crippen LogP contribution in [0, 0.1) is 5.41 Å². The van der Waals surface area contributed by atoms with Crippen molar-refractivity contribution in [3.05, 3.63) is 30.1 Å². The van der Waals surface area contributed by atoms with E-state index in [9.17, 15) is 22.8 Å². The van der Waals surface area contributed by atoms with Gasteiger partial charge in [0.15, 0.2) is 0 Å². The molecule has 3 heterocycles. The number of alkyl halides is 3. The van der Waals surface area contributed by atoms with Crippen molar-refractivity contribution in [3.8, 4) is 0 Å². The number of aromatic nitrogens is 1. The van der Waals surface area contributed by atoms with Crippen LogP contribution in [0.15, 0.2) is 24.5 Å². The van der Waals surface area contributed by atoms with Crippen LogP contribution in [0.2, 0.25) is 0 Å². The summed E-state index contributed by atoms with van der Waals surface area (Å²) in [5.41, 5.74) is 0.778. The molecule has 1 N–H and O–H groups in total. The van der Waals surface area contributed by atoms with Crippen molar-refractivity contribution in [3.63, 3.8) is 0 Å². The first kappa shape index (κ1) is 25.6. The number of likely N-dealkylation sites (tertiary alicyclic amines) is 2. The van der Waals surface area contributed by atoms with E-state index in [1.54, 1.807) is 6.20 Å². The monoisotopic (exact) mass is 459 g/mol. The fourth-order valence-corrected chi connectivity index (χ4v) is 3.94. The number of carboxylic acids is 1. The molecule has 0 radical (unpaired) electrons. The van der Waals surface area contributed by atoms with E-state index in [-0.39, 0.29) is 23.8 Å². The predicted octanol–water partition coefficient (Wildman–Crippen LogP) is 2.48. The van der Waals surface area contributed by atoms with Crippen LogP contribution in [0.1, 0.15) is 38.2 Å².